The Balaban J connectivity index is 1.98. The highest BCUT2D eigenvalue weighted by atomic mass is 16.5. The fourth-order valence-corrected chi connectivity index (χ4v) is 3.20. The van der Waals surface area contributed by atoms with Crippen LogP contribution in [0.5, 0.6) is 23.0 Å². The SMILES string of the molecule is COc1c(O)cc2c(c1OC)CCN[C@H]2Cc1ccc(O)cc1. The van der Waals surface area contributed by atoms with Crippen LogP contribution in [0.15, 0.2) is 30.3 Å². The van der Waals surface area contributed by atoms with Gasteiger partial charge in [0, 0.05) is 11.6 Å². The van der Waals surface area contributed by atoms with E-state index in [4.69, 9.17) is 9.47 Å². The van der Waals surface area contributed by atoms with Gasteiger partial charge in [0.1, 0.15) is 5.75 Å². The van der Waals surface area contributed by atoms with E-state index in [-0.39, 0.29) is 17.5 Å². The summed E-state index contributed by atoms with van der Waals surface area (Å²) in [6.45, 7) is 0.833. The third-order valence-electron chi connectivity index (χ3n) is 4.28. The van der Waals surface area contributed by atoms with Crippen LogP contribution < -0.4 is 14.8 Å². The van der Waals surface area contributed by atoms with Crippen LogP contribution in [0.3, 0.4) is 0 Å². The van der Waals surface area contributed by atoms with Crippen LogP contribution >= 0.6 is 0 Å². The smallest absolute Gasteiger partial charge is 0.203 e. The topological polar surface area (TPSA) is 71.0 Å². The summed E-state index contributed by atoms with van der Waals surface area (Å²) >= 11 is 0. The number of ether oxygens (including phenoxy) is 2. The standard InChI is InChI=1S/C18H21NO4/c1-22-17-13-7-8-19-15(9-11-3-5-12(20)6-4-11)14(13)10-16(21)18(17)23-2/h3-6,10,15,19-21H,7-9H2,1-2H3/t15-/m0/s1. The number of rotatable bonds is 4. The Kier molecular flexibility index (Phi) is 4.30. The Bertz CT molecular complexity index is 697. The highest BCUT2D eigenvalue weighted by Gasteiger charge is 2.27. The van der Waals surface area contributed by atoms with Gasteiger partial charge in [-0.15, -0.1) is 0 Å². The zero-order valence-electron chi connectivity index (χ0n) is 13.3. The van der Waals surface area contributed by atoms with Crippen LogP contribution in [0, 0.1) is 0 Å². The molecule has 0 radical (unpaired) electrons. The van der Waals surface area contributed by atoms with E-state index in [1.54, 1.807) is 25.3 Å². The van der Waals surface area contributed by atoms with Crippen molar-refractivity contribution in [3.63, 3.8) is 0 Å². The first-order chi connectivity index (χ1) is 11.1. The average Bonchev–Trinajstić information content (AvgIpc) is 2.56. The molecule has 0 bridgehead atoms. The molecule has 1 heterocycles. The molecule has 0 aromatic heterocycles. The van der Waals surface area contributed by atoms with Crippen LogP contribution in [0.1, 0.15) is 22.7 Å². The van der Waals surface area contributed by atoms with E-state index in [0.717, 1.165) is 36.1 Å². The molecule has 5 heteroatoms. The van der Waals surface area contributed by atoms with Crippen LogP contribution in [0.2, 0.25) is 0 Å². The molecule has 1 atom stereocenters. The second-order valence-corrected chi connectivity index (χ2v) is 5.66. The van der Waals surface area contributed by atoms with Crippen LogP contribution in [-0.2, 0) is 12.8 Å². The van der Waals surface area contributed by atoms with Crippen molar-refractivity contribution in [2.24, 2.45) is 0 Å². The first kappa shape index (κ1) is 15.5. The van der Waals surface area contributed by atoms with Crippen LogP contribution in [0.4, 0.5) is 0 Å². The number of nitrogens with one attached hydrogen (secondary N) is 1. The molecule has 1 aliphatic heterocycles. The second kappa shape index (κ2) is 6.38. The van der Waals surface area contributed by atoms with Crippen molar-refractivity contribution in [1.82, 2.24) is 5.32 Å². The van der Waals surface area contributed by atoms with Gasteiger partial charge in [0.15, 0.2) is 11.5 Å². The molecule has 5 nitrogen and oxygen atoms in total. The highest BCUT2D eigenvalue weighted by Crippen LogP contribution is 2.44. The van der Waals surface area contributed by atoms with Crippen molar-refractivity contribution in [2.45, 2.75) is 18.9 Å². The molecule has 3 N–H and O–H groups in total. The van der Waals surface area contributed by atoms with E-state index in [9.17, 15) is 10.2 Å². The van der Waals surface area contributed by atoms with E-state index in [2.05, 4.69) is 5.32 Å². The first-order valence-electron chi connectivity index (χ1n) is 7.62. The lowest BCUT2D eigenvalue weighted by Gasteiger charge is -2.29. The zero-order chi connectivity index (χ0) is 16.4. The molecule has 2 aromatic carbocycles. The predicted octanol–water partition coefficient (Wildman–Crippen LogP) is 2.54. The lowest BCUT2D eigenvalue weighted by molar-refractivity contribution is 0.326. The molecule has 0 aliphatic carbocycles. The highest BCUT2D eigenvalue weighted by molar-refractivity contribution is 5.60. The van der Waals surface area contributed by atoms with Gasteiger partial charge in [-0.05, 0) is 48.7 Å². The lowest BCUT2D eigenvalue weighted by atomic mass is 9.89. The summed E-state index contributed by atoms with van der Waals surface area (Å²) in [4.78, 5) is 0. The summed E-state index contributed by atoms with van der Waals surface area (Å²) in [6.07, 6.45) is 1.59. The second-order valence-electron chi connectivity index (χ2n) is 5.66. The lowest BCUT2D eigenvalue weighted by Crippen LogP contribution is -2.31. The van der Waals surface area contributed by atoms with Gasteiger partial charge >= 0.3 is 0 Å². The van der Waals surface area contributed by atoms with E-state index in [1.807, 2.05) is 12.1 Å². The van der Waals surface area contributed by atoms with Gasteiger partial charge in [-0.3, -0.25) is 0 Å². The largest absolute Gasteiger partial charge is 0.508 e. The summed E-state index contributed by atoms with van der Waals surface area (Å²) in [6, 6.07) is 9.02. The fraction of sp³-hybridized carbons (Fsp3) is 0.333. The number of methoxy groups -OCH3 is 2. The van der Waals surface area contributed by atoms with Gasteiger partial charge in [-0.1, -0.05) is 12.1 Å². The van der Waals surface area contributed by atoms with Gasteiger partial charge in [0.2, 0.25) is 5.75 Å². The van der Waals surface area contributed by atoms with Gasteiger partial charge in [-0.25, -0.2) is 0 Å². The molecule has 3 rings (SSSR count). The van der Waals surface area contributed by atoms with Gasteiger partial charge < -0.3 is 25.0 Å². The van der Waals surface area contributed by atoms with Crippen molar-refractivity contribution < 1.29 is 19.7 Å². The molecular formula is C18H21NO4. The summed E-state index contributed by atoms with van der Waals surface area (Å²) in [5.74, 6) is 1.34. The Morgan fingerprint density at radius 3 is 2.43 bits per heavy atom. The minimum absolute atomic E-state index is 0.0778. The summed E-state index contributed by atoms with van der Waals surface area (Å²) in [5.41, 5.74) is 3.21. The third-order valence-corrected chi connectivity index (χ3v) is 4.28. The zero-order valence-corrected chi connectivity index (χ0v) is 13.3. The maximum atomic E-state index is 10.2. The number of benzene rings is 2. The van der Waals surface area contributed by atoms with Crippen LogP contribution in [0.25, 0.3) is 0 Å². The van der Waals surface area contributed by atoms with Gasteiger partial charge in [0.25, 0.3) is 0 Å². The molecule has 0 saturated heterocycles. The number of phenols is 2. The Hall–Kier alpha value is -2.40. The Labute approximate surface area is 135 Å². The quantitative estimate of drug-likeness (QED) is 0.809. The summed E-state index contributed by atoms with van der Waals surface area (Å²) in [5, 5.41) is 23.1. The average molecular weight is 315 g/mol. The fourth-order valence-electron chi connectivity index (χ4n) is 3.20. The Morgan fingerprint density at radius 1 is 1.09 bits per heavy atom. The van der Waals surface area contributed by atoms with Gasteiger partial charge in [-0.2, -0.15) is 0 Å². The number of phenolic OH excluding ortho intramolecular Hbond substituents is 2. The summed E-state index contributed by atoms with van der Waals surface area (Å²) < 4.78 is 10.8. The molecule has 2 aromatic rings. The minimum Gasteiger partial charge on any atom is -0.508 e. The van der Waals surface area contributed by atoms with Gasteiger partial charge in [0.05, 0.1) is 14.2 Å². The van der Waals surface area contributed by atoms with E-state index in [0.29, 0.717) is 11.5 Å². The molecular weight excluding hydrogens is 294 g/mol. The molecule has 122 valence electrons. The monoisotopic (exact) mass is 315 g/mol. The molecule has 0 amide bonds. The van der Waals surface area contributed by atoms with Crippen molar-refractivity contribution in [3.8, 4) is 23.0 Å². The Morgan fingerprint density at radius 2 is 1.78 bits per heavy atom. The number of hydrogen-bond acceptors (Lipinski definition) is 5. The van der Waals surface area contributed by atoms with Crippen molar-refractivity contribution in [2.75, 3.05) is 20.8 Å². The molecule has 23 heavy (non-hydrogen) atoms. The van der Waals surface area contributed by atoms with Crippen molar-refractivity contribution in [1.29, 1.82) is 0 Å². The maximum Gasteiger partial charge on any atom is 0.203 e. The minimum atomic E-state index is 0.0778. The molecule has 0 spiro atoms. The van der Waals surface area contributed by atoms with Crippen molar-refractivity contribution in [3.05, 3.63) is 47.0 Å². The number of aromatic hydroxyl groups is 2. The molecule has 0 unspecified atom stereocenters. The van der Waals surface area contributed by atoms with E-state index in [1.165, 1.54) is 7.11 Å². The van der Waals surface area contributed by atoms with E-state index >= 15 is 0 Å². The summed E-state index contributed by atoms with van der Waals surface area (Å²) in [7, 11) is 3.12. The van der Waals surface area contributed by atoms with Crippen LogP contribution in [-0.4, -0.2) is 31.0 Å². The number of hydrogen-bond donors (Lipinski definition) is 3. The normalized spacial score (nSPS) is 16.7. The predicted molar refractivity (Wildman–Crippen MR) is 87.5 cm³/mol. The third kappa shape index (κ3) is 2.92. The molecule has 0 saturated carbocycles. The molecule has 1 aliphatic rings. The van der Waals surface area contributed by atoms with Crippen molar-refractivity contribution >= 4 is 0 Å². The maximum absolute atomic E-state index is 10.2. The molecule has 0 fully saturated rings. The van der Waals surface area contributed by atoms with E-state index < -0.39 is 0 Å². The first-order valence-corrected chi connectivity index (χ1v) is 7.62. The number of fused-ring (bicyclic) bond motifs is 1.